The van der Waals surface area contributed by atoms with Gasteiger partial charge in [-0.25, -0.2) is 4.79 Å². The number of rotatable bonds is 2. The molecule has 0 fully saturated rings. The number of hydrogen-bond donors (Lipinski definition) is 1. The molecule has 0 atom stereocenters. The van der Waals surface area contributed by atoms with Crippen LogP contribution < -0.4 is 5.73 Å². The molecule has 1 aromatic heterocycles. The quantitative estimate of drug-likeness (QED) is 0.760. The average Bonchev–Trinajstić information content (AvgIpc) is 2.75. The first-order valence-electron chi connectivity index (χ1n) is 4.48. The van der Waals surface area contributed by atoms with E-state index in [0.29, 0.717) is 17.0 Å². The summed E-state index contributed by atoms with van der Waals surface area (Å²) in [4.78, 5) is 11.2. The van der Waals surface area contributed by atoms with Crippen LogP contribution in [0.2, 0.25) is 0 Å². The Morgan fingerprint density at radius 3 is 2.50 bits per heavy atom. The molecular formula is C10H9N3O3. The molecule has 16 heavy (non-hydrogen) atoms. The fourth-order valence-corrected chi connectivity index (χ4v) is 1.22. The number of carbonyl (C=O) groups is 1. The molecule has 2 aromatic rings. The summed E-state index contributed by atoms with van der Waals surface area (Å²) in [5.41, 5.74) is 6.45. The summed E-state index contributed by atoms with van der Waals surface area (Å²) in [7, 11) is 1.33. The van der Waals surface area contributed by atoms with Gasteiger partial charge in [0.25, 0.3) is 0 Å². The lowest BCUT2D eigenvalue weighted by Gasteiger charge is -1.99. The molecule has 0 amide bonds. The van der Waals surface area contributed by atoms with Gasteiger partial charge < -0.3 is 14.9 Å². The lowest BCUT2D eigenvalue weighted by molar-refractivity contribution is 0.0601. The van der Waals surface area contributed by atoms with Gasteiger partial charge in [0.1, 0.15) is 0 Å². The lowest BCUT2D eigenvalue weighted by atomic mass is 10.1. The van der Waals surface area contributed by atoms with Gasteiger partial charge in [-0.2, -0.15) is 0 Å². The summed E-state index contributed by atoms with van der Waals surface area (Å²) in [6, 6.07) is 6.59. The third kappa shape index (κ3) is 1.85. The number of benzene rings is 1. The van der Waals surface area contributed by atoms with Crippen LogP contribution in [-0.4, -0.2) is 23.3 Å². The molecular weight excluding hydrogens is 210 g/mol. The first-order chi connectivity index (χ1) is 7.70. The van der Waals surface area contributed by atoms with Crippen LogP contribution in [0.25, 0.3) is 11.5 Å². The maximum Gasteiger partial charge on any atom is 0.337 e. The number of nitrogens with zero attached hydrogens (tertiary/aromatic N) is 2. The number of nitrogens with two attached hydrogens (primary N) is 1. The Hall–Kier alpha value is -2.37. The van der Waals surface area contributed by atoms with Crippen molar-refractivity contribution < 1.29 is 13.9 Å². The third-order valence-electron chi connectivity index (χ3n) is 1.99. The van der Waals surface area contributed by atoms with E-state index in [1.54, 1.807) is 24.3 Å². The number of aromatic nitrogens is 2. The maximum atomic E-state index is 11.2. The van der Waals surface area contributed by atoms with Crippen LogP contribution in [-0.2, 0) is 4.74 Å². The summed E-state index contributed by atoms with van der Waals surface area (Å²) in [5, 5.41) is 7.26. The molecule has 0 saturated carbocycles. The van der Waals surface area contributed by atoms with Crippen LogP contribution in [0.15, 0.2) is 28.7 Å². The van der Waals surface area contributed by atoms with Crippen LogP contribution in [0.5, 0.6) is 0 Å². The second-order valence-corrected chi connectivity index (χ2v) is 3.01. The molecule has 2 rings (SSSR count). The van der Waals surface area contributed by atoms with Gasteiger partial charge in [0.15, 0.2) is 0 Å². The Kier molecular flexibility index (Phi) is 2.55. The molecule has 2 N–H and O–H groups in total. The minimum atomic E-state index is -0.392. The molecule has 0 spiro atoms. The highest BCUT2D eigenvalue weighted by atomic mass is 16.5. The van der Waals surface area contributed by atoms with E-state index < -0.39 is 5.97 Å². The Labute approximate surface area is 91.0 Å². The first kappa shape index (κ1) is 10.2. The fourth-order valence-electron chi connectivity index (χ4n) is 1.22. The monoisotopic (exact) mass is 219 g/mol. The molecule has 0 radical (unpaired) electrons. The number of ether oxygens (including phenoxy) is 1. The molecule has 1 heterocycles. The summed E-state index contributed by atoms with van der Waals surface area (Å²) >= 11 is 0. The van der Waals surface area contributed by atoms with Crippen LogP contribution in [0, 0.1) is 0 Å². The van der Waals surface area contributed by atoms with Gasteiger partial charge in [-0.15, -0.1) is 5.10 Å². The Morgan fingerprint density at radius 1 is 1.31 bits per heavy atom. The second-order valence-electron chi connectivity index (χ2n) is 3.01. The molecule has 0 aliphatic rings. The first-order valence-corrected chi connectivity index (χ1v) is 4.48. The number of hydrogen-bond acceptors (Lipinski definition) is 6. The van der Waals surface area contributed by atoms with Crippen LogP contribution >= 0.6 is 0 Å². The van der Waals surface area contributed by atoms with E-state index >= 15 is 0 Å². The van der Waals surface area contributed by atoms with Gasteiger partial charge in [-0.3, -0.25) is 0 Å². The van der Waals surface area contributed by atoms with Crippen molar-refractivity contribution in [1.82, 2.24) is 10.2 Å². The van der Waals surface area contributed by atoms with E-state index in [2.05, 4.69) is 14.9 Å². The number of carbonyl (C=O) groups excluding carboxylic acids is 1. The molecule has 1 aromatic carbocycles. The zero-order chi connectivity index (χ0) is 11.5. The predicted octanol–water partition coefficient (Wildman–Crippen LogP) is 1.11. The van der Waals surface area contributed by atoms with Crippen LogP contribution in [0.1, 0.15) is 10.4 Å². The summed E-state index contributed by atoms with van der Waals surface area (Å²) < 4.78 is 9.61. The smallest absolute Gasteiger partial charge is 0.337 e. The number of nitrogen functional groups attached to an aromatic ring is 1. The van der Waals surface area contributed by atoms with Crippen LogP contribution in [0.4, 0.5) is 6.01 Å². The van der Waals surface area contributed by atoms with Crippen molar-refractivity contribution in [3.8, 4) is 11.5 Å². The van der Waals surface area contributed by atoms with Crippen molar-refractivity contribution in [3.63, 3.8) is 0 Å². The zero-order valence-electron chi connectivity index (χ0n) is 8.51. The standard InChI is InChI=1S/C10H9N3O3/c1-15-9(14)7-4-2-6(3-5-7)8-12-13-10(11)16-8/h2-5H,1H3,(H2,11,13). The molecule has 6 heteroatoms. The van der Waals surface area contributed by atoms with Gasteiger partial charge in [0.05, 0.1) is 12.7 Å². The van der Waals surface area contributed by atoms with E-state index in [1.165, 1.54) is 7.11 Å². The van der Waals surface area contributed by atoms with Crippen molar-refractivity contribution in [2.75, 3.05) is 12.8 Å². The molecule has 82 valence electrons. The molecule has 0 aliphatic carbocycles. The number of anilines is 1. The summed E-state index contributed by atoms with van der Waals surface area (Å²) in [5.74, 6) is -0.0782. The van der Waals surface area contributed by atoms with Crippen molar-refractivity contribution >= 4 is 12.0 Å². The van der Waals surface area contributed by atoms with E-state index in [-0.39, 0.29) is 6.01 Å². The molecule has 6 nitrogen and oxygen atoms in total. The van der Waals surface area contributed by atoms with Gasteiger partial charge in [-0.1, -0.05) is 5.10 Å². The summed E-state index contributed by atoms with van der Waals surface area (Å²) in [6.45, 7) is 0. The van der Waals surface area contributed by atoms with Crippen molar-refractivity contribution in [3.05, 3.63) is 29.8 Å². The Bertz CT molecular complexity index is 504. The largest absolute Gasteiger partial charge is 0.465 e. The van der Waals surface area contributed by atoms with Crippen LogP contribution in [0.3, 0.4) is 0 Å². The van der Waals surface area contributed by atoms with Gasteiger partial charge >= 0.3 is 12.0 Å². The molecule has 0 saturated heterocycles. The van der Waals surface area contributed by atoms with Gasteiger partial charge in [0.2, 0.25) is 5.89 Å². The molecule has 0 unspecified atom stereocenters. The number of esters is 1. The topological polar surface area (TPSA) is 91.2 Å². The highest BCUT2D eigenvalue weighted by Crippen LogP contribution is 2.19. The fraction of sp³-hybridized carbons (Fsp3) is 0.100. The van der Waals surface area contributed by atoms with Crippen molar-refractivity contribution in [1.29, 1.82) is 0 Å². The van der Waals surface area contributed by atoms with E-state index in [0.717, 1.165) is 0 Å². The SMILES string of the molecule is COC(=O)c1ccc(-c2nnc(N)o2)cc1. The van der Waals surface area contributed by atoms with Gasteiger partial charge in [0, 0.05) is 5.56 Å². The summed E-state index contributed by atoms with van der Waals surface area (Å²) in [6.07, 6.45) is 0. The predicted molar refractivity (Wildman–Crippen MR) is 55.5 cm³/mol. The lowest BCUT2D eigenvalue weighted by Crippen LogP contribution is -2.00. The van der Waals surface area contributed by atoms with E-state index in [1.807, 2.05) is 0 Å². The maximum absolute atomic E-state index is 11.2. The van der Waals surface area contributed by atoms with E-state index in [9.17, 15) is 4.79 Å². The van der Waals surface area contributed by atoms with E-state index in [4.69, 9.17) is 10.2 Å². The van der Waals surface area contributed by atoms with Crippen molar-refractivity contribution in [2.24, 2.45) is 0 Å². The molecule has 0 bridgehead atoms. The normalized spacial score (nSPS) is 10.1. The third-order valence-corrected chi connectivity index (χ3v) is 1.99. The number of methoxy groups -OCH3 is 1. The molecule has 0 aliphatic heterocycles. The minimum Gasteiger partial charge on any atom is -0.465 e. The highest BCUT2D eigenvalue weighted by molar-refractivity contribution is 5.89. The van der Waals surface area contributed by atoms with Crippen molar-refractivity contribution in [2.45, 2.75) is 0 Å². The average molecular weight is 219 g/mol. The zero-order valence-corrected chi connectivity index (χ0v) is 8.51. The van der Waals surface area contributed by atoms with Gasteiger partial charge in [-0.05, 0) is 24.3 Å². The Balaban J connectivity index is 2.29. The Morgan fingerprint density at radius 2 is 2.00 bits per heavy atom. The minimum absolute atomic E-state index is 0.00652. The highest BCUT2D eigenvalue weighted by Gasteiger charge is 2.08. The second kappa shape index (κ2) is 4.01.